The summed E-state index contributed by atoms with van der Waals surface area (Å²) in [5.74, 6) is -0.296. The monoisotopic (exact) mass is 316 g/mol. The Morgan fingerprint density at radius 3 is 2.36 bits per heavy atom. The normalized spacial score (nSPS) is 10.1. The number of amides is 2. The minimum Gasteiger partial charge on any atom is -0.348 e. The minimum atomic E-state index is -0.148. The summed E-state index contributed by atoms with van der Waals surface area (Å²) in [4.78, 5) is 25.3. The van der Waals surface area contributed by atoms with Gasteiger partial charge in [0, 0.05) is 26.2 Å². The van der Waals surface area contributed by atoms with Crippen LogP contribution >= 0.6 is 11.6 Å². The fourth-order valence-electron chi connectivity index (χ4n) is 1.96. The van der Waals surface area contributed by atoms with Gasteiger partial charge in [0.25, 0.3) is 11.8 Å². The van der Waals surface area contributed by atoms with E-state index in [9.17, 15) is 9.59 Å². The molecule has 4 nitrogen and oxygen atoms in total. The quantitative estimate of drug-likeness (QED) is 0.942. The maximum absolute atomic E-state index is 12.0. The number of rotatable bonds is 4. The van der Waals surface area contributed by atoms with Gasteiger partial charge in [-0.3, -0.25) is 9.59 Å². The summed E-state index contributed by atoms with van der Waals surface area (Å²) in [6, 6.07) is 14.1. The third kappa shape index (κ3) is 3.86. The molecule has 0 fully saturated rings. The molecular weight excluding hydrogens is 300 g/mol. The van der Waals surface area contributed by atoms with Crippen LogP contribution in [-0.2, 0) is 6.54 Å². The summed E-state index contributed by atoms with van der Waals surface area (Å²) in [7, 11) is 3.35. The standard InChI is InChI=1S/C17H17ClN2O2/c1-20(2)17(22)14-9-8-12(10-15(14)18)11-19-16(21)13-6-4-3-5-7-13/h3-10H,11H2,1-2H3,(H,19,21). The second-order valence-electron chi connectivity index (χ2n) is 5.06. The van der Waals surface area contributed by atoms with Gasteiger partial charge in [-0.15, -0.1) is 0 Å². The maximum atomic E-state index is 12.0. The molecule has 0 unspecified atom stereocenters. The molecule has 5 heteroatoms. The number of hydrogen-bond acceptors (Lipinski definition) is 2. The molecule has 2 amide bonds. The van der Waals surface area contributed by atoms with E-state index in [1.54, 1.807) is 44.4 Å². The molecule has 0 radical (unpaired) electrons. The number of carbonyl (C=O) groups is 2. The lowest BCUT2D eigenvalue weighted by Crippen LogP contribution is -2.23. The van der Waals surface area contributed by atoms with Crippen LogP contribution in [0.3, 0.4) is 0 Å². The van der Waals surface area contributed by atoms with Crippen LogP contribution in [0.4, 0.5) is 0 Å². The van der Waals surface area contributed by atoms with Crippen LogP contribution in [0.25, 0.3) is 0 Å². The van der Waals surface area contributed by atoms with Crippen LogP contribution in [0, 0.1) is 0 Å². The largest absolute Gasteiger partial charge is 0.348 e. The van der Waals surface area contributed by atoms with Gasteiger partial charge in [-0.05, 0) is 29.8 Å². The Morgan fingerprint density at radius 1 is 1.09 bits per heavy atom. The Bertz CT molecular complexity index is 684. The Labute approximate surface area is 134 Å². The van der Waals surface area contributed by atoms with Gasteiger partial charge in [0.15, 0.2) is 0 Å². The average Bonchev–Trinajstić information content (AvgIpc) is 2.52. The van der Waals surface area contributed by atoms with Crippen LogP contribution in [-0.4, -0.2) is 30.8 Å². The van der Waals surface area contributed by atoms with Crippen molar-refractivity contribution < 1.29 is 9.59 Å². The first-order valence-corrected chi connectivity index (χ1v) is 7.20. The molecule has 0 atom stereocenters. The Kier molecular flexibility index (Phi) is 5.17. The summed E-state index contributed by atoms with van der Waals surface area (Å²) >= 11 is 6.14. The fourth-order valence-corrected chi connectivity index (χ4v) is 2.24. The summed E-state index contributed by atoms with van der Waals surface area (Å²) in [6.07, 6.45) is 0. The Morgan fingerprint density at radius 2 is 1.77 bits per heavy atom. The van der Waals surface area contributed by atoms with E-state index in [-0.39, 0.29) is 11.8 Å². The van der Waals surface area contributed by atoms with E-state index in [1.807, 2.05) is 18.2 Å². The molecule has 0 saturated heterocycles. The first kappa shape index (κ1) is 16.0. The summed E-state index contributed by atoms with van der Waals surface area (Å²) in [5, 5.41) is 3.20. The molecule has 0 saturated carbocycles. The molecule has 0 aliphatic carbocycles. The van der Waals surface area contributed by atoms with Crippen LogP contribution in [0.5, 0.6) is 0 Å². The summed E-state index contributed by atoms with van der Waals surface area (Å²) in [5.41, 5.74) is 1.89. The molecule has 2 aromatic carbocycles. The zero-order valence-corrected chi connectivity index (χ0v) is 13.2. The highest BCUT2D eigenvalue weighted by Gasteiger charge is 2.13. The first-order valence-electron chi connectivity index (χ1n) is 6.82. The highest BCUT2D eigenvalue weighted by atomic mass is 35.5. The fraction of sp³-hybridized carbons (Fsp3) is 0.176. The predicted octanol–water partition coefficient (Wildman–Crippen LogP) is 2.97. The highest BCUT2D eigenvalue weighted by Crippen LogP contribution is 2.19. The molecule has 1 N–H and O–H groups in total. The zero-order valence-electron chi connectivity index (χ0n) is 12.5. The van der Waals surface area contributed by atoms with Crippen molar-refractivity contribution in [2.75, 3.05) is 14.1 Å². The lowest BCUT2D eigenvalue weighted by Gasteiger charge is -2.12. The van der Waals surface area contributed by atoms with Gasteiger partial charge in [-0.25, -0.2) is 0 Å². The predicted molar refractivity (Wildman–Crippen MR) is 87.1 cm³/mol. The molecule has 2 aromatic rings. The van der Waals surface area contributed by atoms with E-state index in [0.29, 0.717) is 22.7 Å². The number of nitrogens with zero attached hydrogens (tertiary/aromatic N) is 1. The van der Waals surface area contributed by atoms with Gasteiger partial charge in [-0.1, -0.05) is 35.9 Å². The third-order valence-corrected chi connectivity index (χ3v) is 3.47. The molecule has 114 valence electrons. The maximum Gasteiger partial charge on any atom is 0.254 e. The number of benzene rings is 2. The molecule has 0 spiro atoms. The van der Waals surface area contributed by atoms with Crippen molar-refractivity contribution in [2.24, 2.45) is 0 Å². The van der Waals surface area contributed by atoms with Gasteiger partial charge in [0.05, 0.1) is 10.6 Å². The van der Waals surface area contributed by atoms with E-state index in [2.05, 4.69) is 5.32 Å². The highest BCUT2D eigenvalue weighted by molar-refractivity contribution is 6.33. The lowest BCUT2D eigenvalue weighted by atomic mass is 10.1. The van der Waals surface area contributed by atoms with Crippen LogP contribution in [0.2, 0.25) is 5.02 Å². The van der Waals surface area contributed by atoms with Gasteiger partial charge in [-0.2, -0.15) is 0 Å². The zero-order chi connectivity index (χ0) is 16.1. The summed E-state index contributed by atoms with van der Waals surface area (Å²) < 4.78 is 0. The third-order valence-electron chi connectivity index (χ3n) is 3.16. The smallest absolute Gasteiger partial charge is 0.254 e. The lowest BCUT2D eigenvalue weighted by molar-refractivity contribution is 0.0827. The molecule has 22 heavy (non-hydrogen) atoms. The molecule has 0 bridgehead atoms. The second kappa shape index (κ2) is 7.09. The van der Waals surface area contributed by atoms with Crippen LogP contribution in [0.15, 0.2) is 48.5 Å². The van der Waals surface area contributed by atoms with E-state index in [4.69, 9.17) is 11.6 Å². The topological polar surface area (TPSA) is 49.4 Å². The number of hydrogen-bond donors (Lipinski definition) is 1. The van der Waals surface area contributed by atoms with E-state index >= 15 is 0 Å². The SMILES string of the molecule is CN(C)C(=O)c1ccc(CNC(=O)c2ccccc2)cc1Cl. The molecule has 0 aliphatic rings. The van der Waals surface area contributed by atoms with E-state index in [0.717, 1.165) is 5.56 Å². The molecular formula is C17H17ClN2O2. The number of halogens is 1. The molecule has 0 aliphatic heterocycles. The van der Waals surface area contributed by atoms with Crippen molar-refractivity contribution >= 4 is 23.4 Å². The average molecular weight is 317 g/mol. The van der Waals surface area contributed by atoms with Crippen LogP contribution < -0.4 is 5.32 Å². The number of nitrogens with one attached hydrogen (secondary N) is 1. The van der Waals surface area contributed by atoms with Gasteiger partial charge in [0.1, 0.15) is 0 Å². The van der Waals surface area contributed by atoms with E-state index < -0.39 is 0 Å². The van der Waals surface area contributed by atoms with Crippen LogP contribution in [0.1, 0.15) is 26.3 Å². The number of carbonyl (C=O) groups excluding carboxylic acids is 2. The van der Waals surface area contributed by atoms with Crippen molar-refractivity contribution in [2.45, 2.75) is 6.54 Å². The first-order chi connectivity index (χ1) is 10.5. The van der Waals surface area contributed by atoms with Gasteiger partial charge < -0.3 is 10.2 Å². The molecule has 0 aromatic heterocycles. The Balaban J connectivity index is 2.04. The Hall–Kier alpha value is -2.33. The summed E-state index contributed by atoms with van der Waals surface area (Å²) in [6.45, 7) is 0.351. The molecule has 0 heterocycles. The van der Waals surface area contributed by atoms with Crippen molar-refractivity contribution in [1.82, 2.24) is 10.2 Å². The van der Waals surface area contributed by atoms with Gasteiger partial charge >= 0.3 is 0 Å². The molecule has 2 rings (SSSR count). The van der Waals surface area contributed by atoms with Crippen molar-refractivity contribution in [3.05, 3.63) is 70.2 Å². The van der Waals surface area contributed by atoms with Crippen molar-refractivity contribution in [3.63, 3.8) is 0 Å². The minimum absolute atomic E-state index is 0.148. The van der Waals surface area contributed by atoms with Crippen molar-refractivity contribution in [3.8, 4) is 0 Å². The van der Waals surface area contributed by atoms with E-state index in [1.165, 1.54) is 4.90 Å². The second-order valence-corrected chi connectivity index (χ2v) is 5.47. The van der Waals surface area contributed by atoms with Gasteiger partial charge in [0.2, 0.25) is 0 Å². The van der Waals surface area contributed by atoms with Crippen molar-refractivity contribution in [1.29, 1.82) is 0 Å².